The van der Waals surface area contributed by atoms with E-state index in [9.17, 15) is 19.7 Å². The minimum Gasteiger partial charge on any atom is -0.302 e. The van der Waals surface area contributed by atoms with Crippen molar-refractivity contribution in [3.8, 4) is 0 Å². The normalized spacial score (nSPS) is 22.1. The molecular weight excluding hydrogens is 480 g/mol. The van der Waals surface area contributed by atoms with Crippen LogP contribution < -0.4 is 4.90 Å². The summed E-state index contributed by atoms with van der Waals surface area (Å²) >= 11 is 3.43. The molecule has 32 heavy (non-hydrogen) atoms. The zero-order valence-electron chi connectivity index (χ0n) is 17.0. The Bertz CT molecular complexity index is 1230. The van der Waals surface area contributed by atoms with Gasteiger partial charge in [-0.2, -0.15) is 0 Å². The average Bonchev–Trinajstić information content (AvgIpc) is 3.33. The molecular formula is C21H17BrN6O4. The minimum absolute atomic E-state index is 0.0372. The number of urea groups is 1. The summed E-state index contributed by atoms with van der Waals surface area (Å²) in [6.45, 7) is 0. The number of aliphatic imine (C=N–C) groups is 1. The maximum atomic E-state index is 13.0. The Labute approximate surface area is 191 Å². The zero-order valence-corrected chi connectivity index (χ0v) is 18.6. The molecule has 1 fully saturated rings. The number of nitro benzene ring substituents is 1. The van der Waals surface area contributed by atoms with Crippen molar-refractivity contribution in [2.75, 3.05) is 19.0 Å². The highest BCUT2D eigenvalue weighted by Crippen LogP contribution is 2.40. The first-order valence-corrected chi connectivity index (χ1v) is 10.5. The number of carbonyl (C=O) groups is 2. The molecule has 10 nitrogen and oxygen atoms in total. The molecule has 0 radical (unpaired) electrons. The molecule has 3 aliphatic rings. The molecule has 162 valence electrons. The molecule has 0 spiro atoms. The van der Waals surface area contributed by atoms with Crippen LogP contribution in [0.1, 0.15) is 5.56 Å². The molecule has 5 rings (SSSR count). The van der Waals surface area contributed by atoms with Gasteiger partial charge in [0.15, 0.2) is 12.2 Å². The van der Waals surface area contributed by atoms with E-state index in [1.54, 1.807) is 30.3 Å². The van der Waals surface area contributed by atoms with Gasteiger partial charge in [0.2, 0.25) is 5.96 Å². The zero-order chi connectivity index (χ0) is 22.7. The highest BCUT2D eigenvalue weighted by Gasteiger charge is 2.54. The van der Waals surface area contributed by atoms with Gasteiger partial charge in [0, 0.05) is 48.2 Å². The molecule has 1 saturated heterocycles. The number of benzene rings is 2. The summed E-state index contributed by atoms with van der Waals surface area (Å²) in [5, 5.41) is 11.3. The van der Waals surface area contributed by atoms with Crippen LogP contribution >= 0.6 is 15.9 Å². The fourth-order valence-electron chi connectivity index (χ4n) is 4.15. The van der Waals surface area contributed by atoms with Crippen molar-refractivity contribution >= 4 is 50.9 Å². The van der Waals surface area contributed by atoms with Gasteiger partial charge < -0.3 is 4.90 Å². The number of nitro groups is 1. The number of imide groups is 1. The van der Waals surface area contributed by atoms with Gasteiger partial charge >= 0.3 is 6.03 Å². The number of hydrogen-bond donors (Lipinski definition) is 0. The van der Waals surface area contributed by atoms with Crippen LogP contribution in [0.25, 0.3) is 5.70 Å². The van der Waals surface area contributed by atoms with Gasteiger partial charge in [-0.05, 0) is 24.3 Å². The number of likely N-dealkylation sites (N-methyl/N-ethyl adjacent to an activating group) is 2. The third kappa shape index (κ3) is 2.88. The fourth-order valence-corrected chi connectivity index (χ4v) is 4.41. The van der Waals surface area contributed by atoms with E-state index in [1.807, 2.05) is 29.2 Å². The lowest BCUT2D eigenvalue weighted by Crippen LogP contribution is -2.63. The topological polar surface area (TPSA) is 103 Å². The Kier molecular flexibility index (Phi) is 4.52. The summed E-state index contributed by atoms with van der Waals surface area (Å²) < 4.78 is 0.891. The summed E-state index contributed by atoms with van der Waals surface area (Å²) in [5.74, 6) is 0.122. The van der Waals surface area contributed by atoms with E-state index in [0.717, 1.165) is 15.1 Å². The van der Waals surface area contributed by atoms with Gasteiger partial charge in [-0.1, -0.05) is 28.1 Å². The molecule has 0 N–H and O–H groups in total. The molecule has 2 unspecified atom stereocenters. The van der Waals surface area contributed by atoms with Crippen LogP contribution in [0.5, 0.6) is 0 Å². The summed E-state index contributed by atoms with van der Waals surface area (Å²) in [6.07, 6.45) is 1.10. The van der Waals surface area contributed by atoms with Crippen LogP contribution in [0, 0.1) is 10.1 Å². The number of rotatable bonds is 3. The molecule has 0 aliphatic carbocycles. The molecule has 3 aliphatic heterocycles. The largest absolute Gasteiger partial charge is 0.328 e. The number of anilines is 1. The van der Waals surface area contributed by atoms with Crippen molar-refractivity contribution in [2.24, 2.45) is 4.99 Å². The fraction of sp³-hybridized carbons (Fsp3) is 0.190. The predicted octanol–water partition coefficient (Wildman–Crippen LogP) is 3.07. The first kappa shape index (κ1) is 20.2. The molecule has 2 aromatic rings. The molecule has 11 heteroatoms. The van der Waals surface area contributed by atoms with E-state index < -0.39 is 23.2 Å². The van der Waals surface area contributed by atoms with Crippen molar-refractivity contribution in [1.82, 2.24) is 14.7 Å². The van der Waals surface area contributed by atoms with Crippen molar-refractivity contribution in [3.63, 3.8) is 0 Å². The third-order valence-corrected chi connectivity index (χ3v) is 6.30. The number of fused-ring (bicyclic) bond motifs is 3. The number of halogens is 1. The lowest BCUT2D eigenvalue weighted by Gasteiger charge is -2.38. The van der Waals surface area contributed by atoms with E-state index in [4.69, 9.17) is 4.99 Å². The predicted molar refractivity (Wildman–Crippen MR) is 120 cm³/mol. The third-order valence-electron chi connectivity index (χ3n) is 5.77. The van der Waals surface area contributed by atoms with Crippen molar-refractivity contribution in [2.45, 2.75) is 12.2 Å². The van der Waals surface area contributed by atoms with Crippen LogP contribution in [0.4, 0.5) is 16.2 Å². The monoisotopic (exact) mass is 496 g/mol. The van der Waals surface area contributed by atoms with Gasteiger partial charge in [-0.15, -0.1) is 0 Å². The maximum absolute atomic E-state index is 13.0. The van der Waals surface area contributed by atoms with Crippen molar-refractivity contribution in [3.05, 3.63) is 74.9 Å². The Balaban J connectivity index is 1.66. The second kappa shape index (κ2) is 7.16. The molecule has 3 heterocycles. The van der Waals surface area contributed by atoms with Gasteiger partial charge in [0.05, 0.1) is 10.6 Å². The Morgan fingerprint density at radius 1 is 1.09 bits per heavy atom. The highest BCUT2D eigenvalue weighted by molar-refractivity contribution is 9.10. The van der Waals surface area contributed by atoms with Gasteiger partial charge in [-0.25, -0.2) is 9.79 Å². The van der Waals surface area contributed by atoms with E-state index in [-0.39, 0.29) is 11.6 Å². The number of hydrogen-bond acceptors (Lipinski definition) is 7. The molecule has 2 atom stereocenters. The van der Waals surface area contributed by atoms with E-state index in [2.05, 4.69) is 15.9 Å². The lowest BCUT2D eigenvalue weighted by atomic mass is 10.1. The van der Waals surface area contributed by atoms with Crippen molar-refractivity contribution in [1.29, 1.82) is 0 Å². The van der Waals surface area contributed by atoms with E-state index in [0.29, 0.717) is 17.2 Å². The van der Waals surface area contributed by atoms with Crippen LogP contribution in [-0.2, 0) is 4.79 Å². The molecule has 0 saturated carbocycles. The standard InChI is InChI=1S/C21H17BrN6O4/c1-24-18-17(19(29)25(2)21(24)30)26-11-16(12-4-3-5-15(10-12)28(31)32)27(20(26)23-18)14-8-6-13(22)7-9-14/h3-11,17-18H,1-2H3. The second-order valence-corrected chi connectivity index (χ2v) is 8.53. The van der Waals surface area contributed by atoms with Gasteiger partial charge in [0.1, 0.15) is 0 Å². The molecule has 3 amide bonds. The highest BCUT2D eigenvalue weighted by atomic mass is 79.9. The molecule has 0 bridgehead atoms. The molecule has 0 aromatic heterocycles. The second-order valence-electron chi connectivity index (χ2n) is 7.62. The summed E-state index contributed by atoms with van der Waals surface area (Å²) in [4.78, 5) is 47.1. The summed E-state index contributed by atoms with van der Waals surface area (Å²) in [6, 6.07) is 12.7. The van der Waals surface area contributed by atoms with E-state index >= 15 is 0 Å². The maximum Gasteiger partial charge on any atom is 0.328 e. The summed E-state index contributed by atoms with van der Waals surface area (Å²) in [7, 11) is 3.06. The summed E-state index contributed by atoms with van der Waals surface area (Å²) in [5.41, 5.74) is 1.98. The van der Waals surface area contributed by atoms with E-state index in [1.165, 1.54) is 24.1 Å². The van der Waals surface area contributed by atoms with Crippen LogP contribution in [0.2, 0.25) is 0 Å². The minimum atomic E-state index is -0.716. The lowest BCUT2D eigenvalue weighted by molar-refractivity contribution is -0.384. The molecule has 2 aromatic carbocycles. The van der Waals surface area contributed by atoms with Gasteiger partial charge in [-0.3, -0.25) is 29.6 Å². The number of carbonyl (C=O) groups excluding carboxylic acids is 2. The smallest absolute Gasteiger partial charge is 0.302 e. The van der Waals surface area contributed by atoms with Crippen LogP contribution in [-0.4, -0.2) is 63.8 Å². The Morgan fingerprint density at radius 3 is 2.50 bits per heavy atom. The number of amides is 3. The Morgan fingerprint density at radius 2 is 1.81 bits per heavy atom. The number of nitrogens with zero attached hydrogens (tertiary/aromatic N) is 6. The SMILES string of the molecule is CN1C(=O)C2C(N=C3N(c4ccc(Br)cc4)C(c4cccc([N+](=O)[O-])c4)=CN32)N(C)C1=O. The number of guanidine groups is 1. The number of non-ortho nitro benzene ring substituents is 1. The first-order chi connectivity index (χ1) is 15.3. The van der Waals surface area contributed by atoms with Crippen molar-refractivity contribution < 1.29 is 14.5 Å². The Hall–Kier alpha value is -3.73. The van der Waals surface area contributed by atoms with Crippen LogP contribution in [0.3, 0.4) is 0 Å². The quantitative estimate of drug-likeness (QED) is 0.477. The van der Waals surface area contributed by atoms with Gasteiger partial charge in [0.25, 0.3) is 11.6 Å². The van der Waals surface area contributed by atoms with Crippen LogP contribution in [0.15, 0.2) is 64.2 Å². The first-order valence-electron chi connectivity index (χ1n) is 9.71. The average molecular weight is 497 g/mol.